The zero-order valence-electron chi connectivity index (χ0n) is 12.5. The van der Waals surface area contributed by atoms with Crippen molar-refractivity contribution in [2.45, 2.75) is 13.2 Å². The number of aromatic amines is 1. The number of para-hydroxylation sites is 1. The van der Waals surface area contributed by atoms with Crippen LogP contribution in [0.15, 0.2) is 45.6 Å². The van der Waals surface area contributed by atoms with Gasteiger partial charge in [-0.2, -0.15) is 5.10 Å². The number of methoxy groups -OCH3 is 1. The molecule has 2 heterocycles. The third kappa shape index (κ3) is 3.29. The van der Waals surface area contributed by atoms with Gasteiger partial charge >= 0.3 is 5.63 Å². The Morgan fingerprint density at radius 2 is 2.17 bits per heavy atom. The molecule has 1 aromatic carbocycles. The van der Waals surface area contributed by atoms with Crippen LogP contribution in [0.5, 0.6) is 0 Å². The van der Waals surface area contributed by atoms with Crippen molar-refractivity contribution in [3.8, 4) is 0 Å². The Balaban J connectivity index is 1.75. The molecule has 23 heavy (non-hydrogen) atoms. The number of ether oxygens (including phenoxy) is 1. The van der Waals surface area contributed by atoms with Crippen LogP contribution < -0.4 is 10.9 Å². The van der Waals surface area contributed by atoms with Crippen LogP contribution in [0.4, 0.5) is 0 Å². The van der Waals surface area contributed by atoms with Gasteiger partial charge in [0.2, 0.25) is 0 Å². The minimum absolute atomic E-state index is 0.0275. The Morgan fingerprint density at radius 1 is 1.35 bits per heavy atom. The summed E-state index contributed by atoms with van der Waals surface area (Å²) in [5.74, 6) is -0.493. The van der Waals surface area contributed by atoms with Crippen molar-refractivity contribution in [2.24, 2.45) is 0 Å². The van der Waals surface area contributed by atoms with E-state index in [1.807, 2.05) is 6.07 Å². The molecule has 118 valence electrons. The first kappa shape index (κ1) is 15.0. The molecule has 3 rings (SSSR count). The summed E-state index contributed by atoms with van der Waals surface area (Å²) in [5, 5.41) is 10.2. The minimum atomic E-state index is -0.661. The number of benzene rings is 1. The fourth-order valence-electron chi connectivity index (χ4n) is 2.21. The molecule has 2 N–H and O–H groups in total. The lowest BCUT2D eigenvalue weighted by atomic mass is 10.2. The van der Waals surface area contributed by atoms with Crippen molar-refractivity contribution < 1.29 is 13.9 Å². The summed E-state index contributed by atoms with van der Waals surface area (Å²) >= 11 is 0. The van der Waals surface area contributed by atoms with E-state index in [1.54, 1.807) is 31.4 Å². The highest BCUT2D eigenvalue weighted by Gasteiger charge is 2.13. The fraction of sp³-hybridized carbons (Fsp3) is 0.188. The summed E-state index contributed by atoms with van der Waals surface area (Å²) in [6.45, 7) is 0.612. The Bertz CT molecular complexity index is 897. The average molecular weight is 313 g/mol. The largest absolute Gasteiger partial charge is 0.422 e. The molecule has 0 saturated carbocycles. The molecule has 0 fully saturated rings. The first-order chi connectivity index (χ1) is 11.2. The maximum Gasteiger partial charge on any atom is 0.349 e. The highest BCUT2D eigenvalue weighted by molar-refractivity contribution is 5.96. The van der Waals surface area contributed by atoms with Gasteiger partial charge in [-0.05, 0) is 18.2 Å². The summed E-state index contributed by atoms with van der Waals surface area (Å²) in [5.41, 5.74) is 1.22. The first-order valence-electron chi connectivity index (χ1n) is 7.00. The number of rotatable bonds is 5. The molecule has 0 atom stereocenters. The lowest BCUT2D eigenvalue weighted by molar-refractivity contribution is 0.0947. The molecule has 1 amide bonds. The number of hydrogen-bond donors (Lipinski definition) is 2. The van der Waals surface area contributed by atoms with Gasteiger partial charge in [-0.3, -0.25) is 9.89 Å². The predicted octanol–water partition coefficient (Wildman–Crippen LogP) is 1.59. The van der Waals surface area contributed by atoms with Gasteiger partial charge in [-0.1, -0.05) is 18.2 Å². The van der Waals surface area contributed by atoms with Crippen LogP contribution in [0.3, 0.4) is 0 Å². The van der Waals surface area contributed by atoms with Crippen molar-refractivity contribution in [3.05, 3.63) is 63.8 Å². The van der Waals surface area contributed by atoms with E-state index in [-0.39, 0.29) is 12.1 Å². The molecule has 0 bridgehead atoms. The van der Waals surface area contributed by atoms with Crippen molar-refractivity contribution in [2.75, 3.05) is 7.11 Å². The van der Waals surface area contributed by atoms with Crippen LogP contribution in [0, 0.1) is 0 Å². The fourth-order valence-corrected chi connectivity index (χ4v) is 2.21. The third-order valence-electron chi connectivity index (χ3n) is 3.30. The SMILES string of the molecule is COCc1cc(CNC(=O)c2cc3ccccc3oc2=O)[nH]n1. The molecule has 0 aliphatic heterocycles. The van der Waals surface area contributed by atoms with Crippen LogP contribution in [-0.2, 0) is 17.9 Å². The van der Waals surface area contributed by atoms with E-state index in [0.717, 1.165) is 11.4 Å². The molecule has 0 aliphatic carbocycles. The van der Waals surface area contributed by atoms with Gasteiger partial charge < -0.3 is 14.5 Å². The number of amides is 1. The number of carbonyl (C=O) groups is 1. The quantitative estimate of drug-likeness (QED) is 0.697. The van der Waals surface area contributed by atoms with Gasteiger partial charge in [-0.25, -0.2) is 4.79 Å². The van der Waals surface area contributed by atoms with E-state index in [2.05, 4.69) is 15.5 Å². The summed E-state index contributed by atoms with van der Waals surface area (Å²) in [6, 6.07) is 10.3. The van der Waals surface area contributed by atoms with Gasteiger partial charge in [-0.15, -0.1) is 0 Å². The van der Waals surface area contributed by atoms with E-state index in [0.29, 0.717) is 17.6 Å². The van der Waals surface area contributed by atoms with Crippen LogP contribution in [0.25, 0.3) is 11.0 Å². The summed E-state index contributed by atoms with van der Waals surface area (Å²) in [4.78, 5) is 24.1. The van der Waals surface area contributed by atoms with E-state index in [9.17, 15) is 9.59 Å². The molecule has 3 aromatic rings. The maximum absolute atomic E-state index is 12.2. The Labute approximate surface area is 131 Å². The lowest BCUT2D eigenvalue weighted by Crippen LogP contribution is -2.27. The monoisotopic (exact) mass is 313 g/mol. The van der Waals surface area contributed by atoms with Gasteiger partial charge in [0.15, 0.2) is 0 Å². The standard InChI is InChI=1S/C16H15N3O4/c1-22-9-12-7-11(18-19-12)8-17-15(20)13-6-10-4-2-3-5-14(10)23-16(13)21/h2-7H,8-9H2,1H3,(H,17,20)(H,18,19). The zero-order chi connectivity index (χ0) is 16.2. The Kier molecular flexibility index (Phi) is 4.20. The number of aromatic nitrogens is 2. The molecule has 7 nitrogen and oxygen atoms in total. The van der Waals surface area contributed by atoms with E-state index in [1.165, 1.54) is 6.07 Å². The van der Waals surface area contributed by atoms with Gasteiger partial charge in [0.25, 0.3) is 5.91 Å². The Hall–Kier alpha value is -2.93. The van der Waals surface area contributed by atoms with Crippen molar-refractivity contribution in [3.63, 3.8) is 0 Å². The number of nitrogens with zero attached hydrogens (tertiary/aromatic N) is 1. The third-order valence-corrected chi connectivity index (χ3v) is 3.30. The molecule has 7 heteroatoms. The van der Waals surface area contributed by atoms with Gasteiger partial charge in [0, 0.05) is 12.5 Å². The molecule has 0 spiro atoms. The van der Waals surface area contributed by atoms with Crippen molar-refractivity contribution >= 4 is 16.9 Å². The van der Waals surface area contributed by atoms with Gasteiger partial charge in [0.1, 0.15) is 11.1 Å². The summed E-state index contributed by atoms with van der Waals surface area (Å²) < 4.78 is 10.1. The number of carbonyl (C=O) groups excluding carboxylic acids is 1. The average Bonchev–Trinajstić information content (AvgIpc) is 3.00. The highest BCUT2D eigenvalue weighted by Crippen LogP contribution is 2.12. The van der Waals surface area contributed by atoms with Crippen LogP contribution in [0.1, 0.15) is 21.7 Å². The summed E-state index contributed by atoms with van der Waals surface area (Å²) in [7, 11) is 1.58. The normalized spacial score (nSPS) is 10.8. The molecular weight excluding hydrogens is 298 g/mol. The number of H-pyrrole nitrogens is 1. The Morgan fingerprint density at radius 3 is 3.00 bits per heavy atom. The topological polar surface area (TPSA) is 97.2 Å². The van der Waals surface area contributed by atoms with E-state index < -0.39 is 11.5 Å². The number of fused-ring (bicyclic) bond motifs is 1. The van der Waals surface area contributed by atoms with Crippen molar-refractivity contribution in [1.29, 1.82) is 0 Å². The molecule has 0 aliphatic rings. The molecule has 0 saturated heterocycles. The lowest BCUT2D eigenvalue weighted by Gasteiger charge is -2.03. The second-order valence-electron chi connectivity index (χ2n) is 4.99. The predicted molar refractivity (Wildman–Crippen MR) is 83.0 cm³/mol. The first-order valence-corrected chi connectivity index (χ1v) is 7.00. The van der Waals surface area contributed by atoms with E-state index >= 15 is 0 Å². The summed E-state index contributed by atoms with van der Waals surface area (Å²) in [6.07, 6.45) is 0. The van der Waals surface area contributed by atoms with Crippen LogP contribution >= 0.6 is 0 Å². The van der Waals surface area contributed by atoms with Gasteiger partial charge in [0.05, 0.1) is 24.5 Å². The molecule has 2 aromatic heterocycles. The second kappa shape index (κ2) is 6.45. The van der Waals surface area contributed by atoms with Crippen LogP contribution in [0.2, 0.25) is 0 Å². The zero-order valence-corrected chi connectivity index (χ0v) is 12.5. The number of nitrogens with one attached hydrogen (secondary N) is 2. The second-order valence-corrected chi connectivity index (χ2v) is 4.99. The molecular formula is C16H15N3O4. The highest BCUT2D eigenvalue weighted by atomic mass is 16.5. The van der Waals surface area contributed by atoms with Crippen LogP contribution in [-0.4, -0.2) is 23.2 Å². The maximum atomic E-state index is 12.2. The smallest absolute Gasteiger partial charge is 0.349 e. The van der Waals surface area contributed by atoms with Crippen molar-refractivity contribution in [1.82, 2.24) is 15.5 Å². The molecule has 0 unspecified atom stereocenters. The molecule has 0 radical (unpaired) electrons. The van der Waals surface area contributed by atoms with E-state index in [4.69, 9.17) is 9.15 Å². The minimum Gasteiger partial charge on any atom is -0.422 e. The number of hydrogen-bond acceptors (Lipinski definition) is 5.